The van der Waals surface area contributed by atoms with Gasteiger partial charge >= 0.3 is 39.5 Å². The van der Waals surface area contributed by atoms with Gasteiger partial charge in [0.05, 0.1) is 26.4 Å². The number of phosphoric ester groups is 2. The van der Waals surface area contributed by atoms with Gasteiger partial charge in [-0.05, 0) is 49.4 Å². The largest absolute Gasteiger partial charge is 0.472 e. The van der Waals surface area contributed by atoms with Crippen LogP contribution in [0.4, 0.5) is 0 Å². The summed E-state index contributed by atoms with van der Waals surface area (Å²) in [5.74, 6) is 0.828. The van der Waals surface area contributed by atoms with Gasteiger partial charge < -0.3 is 33.8 Å². The molecule has 3 N–H and O–H groups in total. The molecule has 2 unspecified atom stereocenters. The molecule has 0 spiro atoms. The molecular formula is C75H146O17P2. The molecule has 0 aliphatic rings. The van der Waals surface area contributed by atoms with Crippen molar-refractivity contribution in [2.24, 2.45) is 23.7 Å². The Kier molecular flexibility index (Phi) is 63.1. The van der Waals surface area contributed by atoms with Crippen LogP contribution in [0, 0.1) is 23.7 Å². The first-order valence-electron chi connectivity index (χ1n) is 38.7. The zero-order valence-corrected chi connectivity index (χ0v) is 63.4. The highest BCUT2D eigenvalue weighted by atomic mass is 31.2. The lowest BCUT2D eigenvalue weighted by atomic mass is 10.0. The fourth-order valence-electron chi connectivity index (χ4n) is 11.4. The van der Waals surface area contributed by atoms with Crippen LogP contribution >= 0.6 is 15.6 Å². The van der Waals surface area contributed by atoms with Gasteiger partial charge in [-0.1, -0.05) is 325 Å². The highest BCUT2D eigenvalue weighted by Crippen LogP contribution is 2.45. The zero-order chi connectivity index (χ0) is 69.6. The number of phosphoric acid groups is 2. The van der Waals surface area contributed by atoms with E-state index < -0.39 is 97.5 Å². The predicted molar refractivity (Wildman–Crippen MR) is 381 cm³/mol. The third-order valence-electron chi connectivity index (χ3n) is 17.3. The number of aliphatic hydroxyl groups excluding tert-OH is 1. The van der Waals surface area contributed by atoms with Crippen LogP contribution in [-0.2, 0) is 65.4 Å². The van der Waals surface area contributed by atoms with Crippen LogP contribution in [0.2, 0.25) is 0 Å². The Morgan fingerprint density at radius 3 is 0.660 bits per heavy atom. The lowest BCUT2D eigenvalue weighted by Gasteiger charge is -2.21. The summed E-state index contributed by atoms with van der Waals surface area (Å²) >= 11 is 0. The molecule has 0 fully saturated rings. The summed E-state index contributed by atoms with van der Waals surface area (Å²) in [4.78, 5) is 72.6. The molecule has 0 heterocycles. The van der Waals surface area contributed by atoms with Gasteiger partial charge in [-0.3, -0.25) is 37.3 Å². The van der Waals surface area contributed by atoms with E-state index in [1.807, 2.05) is 0 Å². The molecule has 0 amide bonds. The molecule has 0 saturated heterocycles. The average molecular weight is 1380 g/mol. The molecule has 0 aliphatic carbocycles. The SMILES string of the molecule is CC(C)CCCCCCCCCCCCCCCCCCC(=O)OC[C@H](COP(=O)(O)OC[C@@H](O)COP(=O)(O)OC[C@@H](COC(=O)CCCCCCCCC(C)C)OC(=O)CCCCCCCCC(C)C)OC(=O)CCCCCCCCCCCCCCCCC(C)C. The Morgan fingerprint density at radius 2 is 0.447 bits per heavy atom. The topological polar surface area (TPSA) is 237 Å². The third kappa shape index (κ3) is 68.6. The van der Waals surface area contributed by atoms with Crippen molar-refractivity contribution >= 4 is 39.5 Å². The number of ether oxygens (including phenoxy) is 4. The Balaban J connectivity index is 5.19. The van der Waals surface area contributed by atoms with Gasteiger partial charge in [0.1, 0.15) is 19.3 Å². The lowest BCUT2D eigenvalue weighted by Crippen LogP contribution is -2.30. The van der Waals surface area contributed by atoms with Crippen molar-refractivity contribution in [1.29, 1.82) is 0 Å². The maximum atomic E-state index is 13.1. The molecule has 0 rings (SSSR count). The summed E-state index contributed by atoms with van der Waals surface area (Å²) in [6.45, 7) is 14.1. The Bertz CT molecular complexity index is 1850. The minimum Gasteiger partial charge on any atom is -0.462 e. The first kappa shape index (κ1) is 92.1. The molecule has 0 aromatic heterocycles. The van der Waals surface area contributed by atoms with E-state index in [-0.39, 0.29) is 25.7 Å². The zero-order valence-electron chi connectivity index (χ0n) is 61.6. The van der Waals surface area contributed by atoms with E-state index in [0.717, 1.165) is 108 Å². The smallest absolute Gasteiger partial charge is 0.462 e. The average Bonchev–Trinajstić information content (AvgIpc) is 1.46. The van der Waals surface area contributed by atoms with E-state index in [1.165, 1.54) is 173 Å². The van der Waals surface area contributed by atoms with Crippen molar-refractivity contribution in [1.82, 2.24) is 0 Å². The second kappa shape index (κ2) is 64.4. The summed E-state index contributed by atoms with van der Waals surface area (Å²) in [6.07, 6.45) is 49.0. The normalized spacial score (nSPS) is 14.2. The van der Waals surface area contributed by atoms with E-state index >= 15 is 0 Å². The van der Waals surface area contributed by atoms with Crippen molar-refractivity contribution in [3.05, 3.63) is 0 Å². The van der Waals surface area contributed by atoms with Gasteiger partial charge in [0.2, 0.25) is 0 Å². The number of hydrogen-bond acceptors (Lipinski definition) is 15. The van der Waals surface area contributed by atoms with Gasteiger partial charge in [-0.25, -0.2) is 9.13 Å². The molecule has 558 valence electrons. The van der Waals surface area contributed by atoms with Crippen molar-refractivity contribution in [2.75, 3.05) is 39.6 Å². The highest BCUT2D eigenvalue weighted by Gasteiger charge is 2.30. The molecule has 19 heteroatoms. The number of rotatable bonds is 72. The van der Waals surface area contributed by atoms with Gasteiger partial charge in [0.25, 0.3) is 0 Å². The maximum absolute atomic E-state index is 13.1. The summed E-state index contributed by atoms with van der Waals surface area (Å²) in [5.41, 5.74) is 0. The Labute approximate surface area is 575 Å². The summed E-state index contributed by atoms with van der Waals surface area (Å²) in [6, 6.07) is 0. The van der Waals surface area contributed by atoms with Crippen LogP contribution in [0.3, 0.4) is 0 Å². The minimum absolute atomic E-state index is 0.101. The van der Waals surface area contributed by atoms with E-state index in [2.05, 4.69) is 55.4 Å². The van der Waals surface area contributed by atoms with E-state index in [4.69, 9.17) is 37.0 Å². The highest BCUT2D eigenvalue weighted by molar-refractivity contribution is 7.47. The van der Waals surface area contributed by atoms with Crippen LogP contribution in [0.15, 0.2) is 0 Å². The second-order valence-electron chi connectivity index (χ2n) is 28.9. The number of carbonyl (C=O) groups is 4. The number of aliphatic hydroxyl groups is 1. The molecular weight excluding hydrogens is 1230 g/mol. The number of unbranched alkanes of at least 4 members (excludes halogenated alkanes) is 38. The predicted octanol–water partition coefficient (Wildman–Crippen LogP) is 21.7. The summed E-state index contributed by atoms with van der Waals surface area (Å²) in [7, 11) is -9.91. The fraction of sp³-hybridized carbons (Fsp3) is 0.947. The number of esters is 4. The van der Waals surface area contributed by atoms with Crippen LogP contribution in [0.1, 0.15) is 376 Å². The molecule has 0 bridgehead atoms. The first-order chi connectivity index (χ1) is 45.1. The quantitative estimate of drug-likeness (QED) is 0.0222. The van der Waals surface area contributed by atoms with Gasteiger partial charge in [-0.15, -0.1) is 0 Å². The molecule has 94 heavy (non-hydrogen) atoms. The molecule has 0 aliphatic heterocycles. The van der Waals surface area contributed by atoms with Crippen LogP contribution < -0.4 is 0 Å². The minimum atomic E-state index is -4.96. The van der Waals surface area contributed by atoms with Crippen molar-refractivity contribution in [3.8, 4) is 0 Å². The lowest BCUT2D eigenvalue weighted by molar-refractivity contribution is -0.161. The molecule has 0 radical (unpaired) electrons. The van der Waals surface area contributed by atoms with Gasteiger partial charge in [-0.2, -0.15) is 0 Å². The second-order valence-corrected chi connectivity index (χ2v) is 31.9. The molecule has 0 aromatic rings. The molecule has 0 saturated carbocycles. The molecule has 5 atom stereocenters. The van der Waals surface area contributed by atoms with Crippen molar-refractivity contribution in [2.45, 2.75) is 395 Å². The van der Waals surface area contributed by atoms with Gasteiger partial charge in [0.15, 0.2) is 12.2 Å². The summed E-state index contributed by atoms with van der Waals surface area (Å²) < 4.78 is 68.4. The maximum Gasteiger partial charge on any atom is 0.472 e. The van der Waals surface area contributed by atoms with E-state index in [9.17, 15) is 43.2 Å². The Morgan fingerprint density at radius 1 is 0.266 bits per heavy atom. The fourth-order valence-corrected chi connectivity index (χ4v) is 13.0. The third-order valence-corrected chi connectivity index (χ3v) is 19.2. The number of carbonyl (C=O) groups excluding carboxylic acids is 4. The number of hydrogen-bond donors (Lipinski definition) is 3. The molecule has 0 aromatic carbocycles. The van der Waals surface area contributed by atoms with Crippen molar-refractivity contribution in [3.63, 3.8) is 0 Å². The van der Waals surface area contributed by atoms with Gasteiger partial charge in [0, 0.05) is 25.7 Å². The Hall–Kier alpha value is -1.94. The van der Waals surface area contributed by atoms with Crippen LogP contribution in [0.5, 0.6) is 0 Å². The van der Waals surface area contributed by atoms with E-state index in [0.29, 0.717) is 37.5 Å². The van der Waals surface area contributed by atoms with Crippen LogP contribution in [0.25, 0.3) is 0 Å². The van der Waals surface area contributed by atoms with E-state index in [1.54, 1.807) is 0 Å². The van der Waals surface area contributed by atoms with Crippen molar-refractivity contribution < 1.29 is 80.2 Å². The monoisotopic (exact) mass is 1380 g/mol. The first-order valence-corrected chi connectivity index (χ1v) is 41.7. The van der Waals surface area contributed by atoms with Crippen LogP contribution in [-0.4, -0.2) is 96.7 Å². The standard InChI is InChI=1S/C75H146O17P2/c1-65(2)51-43-35-27-23-19-15-11-9-10-12-17-21-25-29-39-47-55-72(77)85-61-70(91-74(79)57-49-41-30-26-22-18-14-13-16-20-24-28-36-44-52-66(3)4)63-89-93(81,82)87-59-69(76)60-88-94(83,84)90-64-71(92-75(80)58-50-42-34-32-38-46-54-68(7)8)62-86-73(78)56-48-40-33-31-37-45-53-67(5)6/h65-71,76H,9-64H2,1-8H3,(H,81,82)(H,83,84)/t69-,70-,71-/m1/s1. The molecule has 17 nitrogen and oxygen atoms in total. The summed E-state index contributed by atoms with van der Waals surface area (Å²) in [5, 5.41) is 10.6.